The summed E-state index contributed by atoms with van der Waals surface area (Å²) in [5.41, 5.74) is 4.62. The molecular weight excluding hydrogens is 522 g/mol. The summed E-state index contributed by atoms with van der Waals surface area (Å²) >= 11 is 1.20. The summed E-state index contributed by atoms with van der Waals surface area (Å²) in [6.07, 6.45) is 0. The normalized spacial score (nSPS) is 13.0. The van der Waals surface area contributed by atoms with Crippen molar-refractivity contribution in [3.63, 3.8) is 0 Å². The van der Waals surface area contributed by atoms with Crippen LogP contribution in [-0.2, 0) is 9.59 Å². The first-order valence-electron chi connectivity index (χ1n) is 12.6. The summed E-state index contributed by atoms with van der Waals surface area (Å²) in [4.78, 5) is 42.1. The van der Waals surface area contributed by atoms with Crippen molar-refractivity contribution >= 4 is 46.5 Å². The van der Waals surface area contributed by atoms with Crippen LogP contribution in [-0.4, -0.2) is 24.8 Å². The predicted octanol–water partition coefficient (Wildman–Crippen LogP) is 6.55. The van der Waals surface area contributed by atoms with Gasteiger partial charge in [-0.3, -0.25) is 14.4 Å². The quantitative estimate of drug-likeness (QED) is 0.242. The van der Waals surface area contributed by atoms with Crippen molar-refractivity contribution in [1.29, 1.82) is 0 Å². The maximum Gasteiger partial charge on any atom is 0.283 e. The third-order valence-corrected chi connectivity index (χ3v) is 7.61. The number of carbonyl (C=O) groups excluding carboxylic acids is 3. The van der Waals surface area contributed by atoms with Gasteiger partial charge in [0, 0.05) is 21.8 Å². The topological polar surface area (TPSA) is 87.7 Å². The Morgan fingerprint density at radius 3 is 2.12 bits per heavy atom. The molecule has 4 aromatic carbocycles. The summed E-state index contributed by atoms with van der Waals surface area (Å²) in [6, 6.07) is 28.8. The number of hydrogen-bond donors (Lipinski definition) is 2. The molecular formula is C32H27N3O4S. The number of anilines is 3. The summed E-state index contributed by atoms with van der Waals surface area (Å²) in [7, 11) is 1.57. The fourth-order valence-corrected chi connectivity index (χ4v) is 5.08. The summed E-state index contributed by atoms with van der Waals surface area (Å²) in [5.74, 6) is -0.387. The number of thioether (sulfide) groups is 1. The summed E-state index contributed by atoms with van der Waals surface area (Å²) < 4.78 is 5.14. The van der Waals surface area contributed by atoms with Crippen LogP contribution in [0.3, 0.4) is 0 Å². The molecule has 8 heteroatoms. The van der Waals surface area contributed by atoms with E-state index >= 15 is 0 Å². The van der Waals surface area contributed by atoms with Gasteiger partial charge in [-0.15, -0.1) is 0 Å². The van der Waals surface area contributed by atoms with Crippen molar-refractivity contribution in [2.24, 2.45) is 0 Å². The SMILES string of the molecule is COc1ccc(C(=O)Nc2ccc(SC3=C(Nc4ccccc4)C(=O)N(c4ccc(C)c(C)c4)C3=O)cc2)cc1. The smallest absolute Gasteiger partial charge is 0.283 e. The van der Waals surface area contributed by atoms with Gasteiger partial charge in [0.1, 0.15) is 16.4 Å². The summed E-state index contributed by atoms with van der Waals surface area (Å²) in [6.45, 7) is 3.93. The van der Waals surface area contributed by atoms with E-state index < -0.39 is 11.8 Å². The molecule has 0 saturated carbocycles. The molecule has 3 amide bonds. The second-order valence-corrected chi connectivity index (χ2v) is 10.3. The molecule has 1 aliphatic rings. The van der Waals surface area contributed by atoms with Gasteiger partial charge in [0.25, 0.3) is 17.7 Å². The van der Waals surface area contributed by atoms with Crippen molar-refractivity contribution in [3.05, 3.63) is 124 Å². The van der Waals surface area contributed by atoms with Crippen LogP contribution < -0.4 is 20.3 Å². The molecule has 7 nitrogen and oxygen atoms in total. The molecule has 2 N–H and O–H groups in total. The molecule has 0 spiro atoms. The van der Waals surface area contributed by atoms with Gasteiger partial charge in [-0.25, -0.2) is 4.90 Å². The molecule has 40 heavy (non-hydrogen) atoms. The Kier molecular flexibility index (Phi) is 7.70. The number of para-hydroxylation sites is 1. The number of carbonyl (C=O) groups is 3. The molecule has 0 bridgehead atoms. The lowest BCUT2D eigenvalue weighted by molar-refractivity contribution is -0.120. The number of nitrogens with one attached hydrogen (secondary N) is 2. The number of amides is 3. The van der Waals surface area contributed by atoms with E-state index in [4.69, 9.17) is 4.74 Å². The van der Waals surface area contributed by atoms with Crippen molar-refractivity contribution < 1.29 is 19.1 Å². The van der Waals surface area contributed by atoms with E-state index in [0.29, 0.717) is 33.3 Å². The second-order valence-electron chi connectivity index (χ2n) is 9.22. The Balaban J connectivity index is 1.39. The zero-order chi connectivity index (χ0) is 28.2. The average Bonchev–Trinajstić information content (AvgIpc) is 3.20. The van der Waals surface area contributed by atoms with Gasteiger partial charge >= 0.3 is 0 Å². The number of hydrogen-bond acceptors (Lipinski definition) is 6. The van der Waals surface area contributed by atoms with Crippen LogP contribution in [0.25, 0.3) is 0 Å². The van der Waals surface area contributed by atoms with Gasteiger partial charge in [0.15, 0.2) is 0 Å². The van der Waals surface area contributed by atoms with Crippen molar-refractivity contribution in [2.45, 2.75) is 18.7 Å². The number of nitrogens with zero attached hydrogens (tertiary/aromatic N) is 1. The zero-order valence-electron chi connectivity index (χ0n) is 22.2. The molecule has 0 radical (unpaired) electrons. The summed E-state index contributed by atoms with van der Waals surface area (Å²) in [5, 5.41) is 6.03. The first-order valence-corrected chi connectivity index (χ1v) is 13.4. The van der Waals surface area contributed by atoms with E-state index in [1.165, 1.54) is 16.7 Å². The molecule has 5 rings (SSSR count). The number of benzene rings is 4. The third-order valence-electron chi connectivity index (χ3n) is 6.52. The highest BCUT2D eigenvalue weighted by atomic mass is 32.2. The van der Waals surface area contributed by atoms with E-state index in [0.717, 1.165) is 16.0 Å². The van der Waals surface area contributed by atoms with E-state index in [1.54, 1.807) is 61.7 Å². The monoisotopic (exact) mass is 549 g/mol. The first kappa shape index (κ1) is 26.8. The van der Waals surface area contributed by atoms with E-state index in [1.807, 2.05) is 56.3 Å². The number of methoxy groups -OCH3 is 1. The second kappa shape index (κ2) is 11.5. The molecule has 0 saturated heterocycles. The predicted molar refractivity (Wildman–Crippen MR) is 159 cm³/mol. The Morgan fingerprint density at radius 2 is 1.48 bits per heavy atom. The van der Waals surface area contributed by atoms with Crippen molar-refractivity contribution in [1.82, 2.24) is 0 Å². The Labute approximate surface area is 236 Å². The van der Waals surface area contributed by atoms with Crippen LogP contribution in [0.4, 0.5) is 17.1 Å². The minimum atomic E-state index is -0.414. The lowest BCUT2D eigenvalue weighted by Gasteiger charge is -2.16. The molecule has 1 aliphatic heterocycles. The molecule has 1 heterocycles. The maximum atomic E-state index is 13.7. The van der Waals surface area contributed by atoms with Crippen molar-refractivity contribution in [2.75, 3.05) is 22.6 Å². The minimum absolute atomic E-state index is 0.219. The highest BCUT2D eigenvalue weighted by molar-refractivity contribution is 8.04. The van der Waals surface area contributed by atoms with Gasteiger partial charge in [-0.2, -0.15) is 0 Å². The highest BCUT2D eigenvalue weighted by Gasteiger charge is 2.40. The average molecular weight is 550 g/mol. The molecule has 0 fully saturated rings. The fourth-order valence-electron chi connectivity index (χ4n) is 4.15. The zero-order valence-corrected chi connectivity index (χ0v) is 23.0. The lowest BCUT2D eigenvalue weighted by Crippen LogP contribution is -2.32. The maximum absolute atomic E-state index is 13.7. The van der Waals surface area contributed by atoms with E-state index in [-0.39, 0.29) is 11.6 Å². The van der Waals surface area contributed by atoms with Gasteiger partial charge in [0.05, 0.1) is 12.8 Å². The Hall–Kier alpha value is -4.82. The minimum Gasteiger partial charge on any atom is -0.497 e. The first-order chi connectivity index (χ1) is 19.3. The molecule has 0 atom stereocenters. The molecule has 200 valence electrons. The third kappa shape index (κ3) is 5.62. The van der Waals surface area contributed by atoms with Crippen LogP contribution in [0.2, 0.25) is 0 Å². The van der Waals surface area contributed by atoms with Crippen LogP contribution in [0, 0.1) is 13.8 Å². The van der Waals surface area contributed by atoms with Gasteiger partial charge in [0.2, 0.25) is 0 Å². The van der Waals surface area contributed by atoms with Crippen LogP contribution in [0.15, 0.2) is 113 Å². The van der Waals surface area contributed by atoms with Crippen LogP contribution in [0.1, 0.15) is 21.5 Å². The molecule has 0 aliphatic carbocycles. The number of ether oxygens (including phenoxy) is 1. The number of rotatable bonds is 8. The Morgan fingerprint density at radius 1 is 0.775 bits per heavy atom. The van der Waals surface area contributed by atoms with Crippen molar-refractivity contribution in [3.8, 4) is 5.75 Å². The lowest BCUT2D eigenvalue weighted by atomic mass is 10.1. The Bertz CT molecular complexity index is 1610. The van der Waals surface area contributed by atoms with Gasteiger partial charge < -0.3 is 15.4 Å². The van der Waals surface area contributed by atoms with Crippen LogP contribution in [0.5, 0.6) is 5.75 Å². The van der Waals surface area contributed by atoms with Gasteiger partial charge in [-0.1, -0.05) is 36.0 Å². The molecule has 0 aromatic heterocycles. The molecule has 4 aromatic rings. The van der Waals surface area contributed by atoms with E-state index in [2.05, 4.69) is 10.6 Å². The van der Waals surface area contributed by atoms with E-state index in [9.17, 15) is 14.4 Å². The highest BCUT2D eigenvalue weighted by Crippen LogP contribution is 2.38. The van der Waals surface area contributed by atoms with Crippen LogP contribution >= 0.6 is 11.8 Å². The number of imide groups is 1. The largest absolute Gasteiger partial charge is 0.497 e. The fraction of sp³-hybridized carbons (Fsp3) is 0.0938. The molecule has 0 unspecified atom stereocenters. The van der Waals surface area contributed by atoms with Gasteiger partial charge in [-0.05, 0) is 97.8 Å². The standard InChI is InChI=1S/C32H27N3O4S/c1-20-9-14-25(19-21(20)2)35-31(37)28(33-23-7-5-4-6-8-23)29(32(35)38)40-27-17-12-24(13-18-27)34-30(36)22-10-15-26(39-3)16-11-22/h4-19,33H,1-3H3,(H,34,36). The number of aryl methyl sites for hydroxylation is 2.